The first kappa shape index (κ1) is 14.4. The zero-order chi connectivity index (χ0) is 14.4. The fourth-order valence-corrected chi connectivity index (χ4v) is 1.88. The Hall–Kier alpha value is -1.98. The number of nitrogens with one attached hydrogen (secondary N) is 1. The molecule has 1 heterocycles. The summed E-state index contributed by atoms with van der Waals surface area (Å²) in [7, 11) is 1.56. The third-order valence-electron chi connectivity index (χ3n) is 2.94. The van der Waals surface area contributed by atoms with E-state index in [0.717, 1.165) is 5.56 Å². The summed E-state index contributed by atoms with van der Waals surface area (Å²) < 4.78 is 18.5. The summed E-state index contributed by atoms with van der Waals surface area (Å²) in [6.45, 7) is 0.815. The average Bonchev–Trinajstić information content (AvgIpc) is 2.48. The van der Waals surface area contributed by atoms with Crippen LogP contribution in [0.4, 0.5) is 4.39 Å². The lowest BCUT2D eigenvalue weighted by Crippen LogP contribution is -2.21. The molecule has 0 saturated heterocycles. The van der Waals surface area contributed by atoms with Gasteiger partial charge in [0.2, 0.25) is 5.88 Å². The molecule has 1 aromatic carbocycles. The number of pyridine rings is 1. The van der Waals surface area contributed by atoms with E-state index in [2.05, 4.69) is 10.3 Å². The molecule has 1 unspecified atom stereocenters. The summed E-state index contributed by atoms with van der Waals surface area (Å²) in [6.07, 6.45) is 0.781. The number of rotatable bonds is 6. The predicted octanol–water partition coefficient (Wildman–Crippen LogP) is 2.05. The maximum Gasteiger partial charge on any atom is 0.213 e. The SMILES string of the molecule is COc1cc(CNCC(O)c2ccccc2F)ccn1. The lowest BCUT2D eigenvalue weighted by molar-refractivity contribution is 0.169. The maximum absolute atomic E-state index is 13.5. The van der Waals surface area contributed by atoms with Crippen molar-refractivity contribution in [3.63, 3.8) is 0 Å². The van der Waals surface area contributed by atoms with Crippen LogP contribution in [0.15, 0.2) is 42.6 Å². The molecule has 1 aromatic heterocycles. The molecule has 106 valence electrons. The number of benzene rings is 1. The molecule has 20 heavy (non-hydrogen) atoms. The third-order valence-corrected chi connectivity index (χ3v) is 2.94. The van der Waals surface area contributed by atoms with Gasteiger partial charge in [0, 0.05) is 30.9 Å². The molecule has 0 aliphatic heterocycles. The molecule has 0 bridgehead atoms. The number of aliphatic hydroxyl groups is 1. The lowest BCUT2D eigenvalue weighted by atomic mass is 10.1. The monoisotopic (exact) mass is 276 g/mol. The fourth-order valence-electron chi connectivity index (χ4n) is 1.88. The van der Waals surface area contributed by atoms with Gasteiger partial charge in [-0.15, -0.1) is 0 Å². The van der Waals surface area contributed by atoms with Gasteiger partial charge in [0.1, 0.15) is 5.82 Å². The number of ether oxygens (including phenoxy) is 1. The van der Waals surface area contributed by atoms with Crippen molar-refractivity contribution >= 4 is 0 Å². The first-order valence-corrected chi connectivity index (χ1v) is 6.33. The third kappa shape index (κ3) is 3.76. The van der Waals surface area contributed by atoms with Crippen LogP contribution in [0.25, 0.3) is 0 Å². The van der Waals surface area contributed by atoms with Crippen LogP contribution in [0.3, 0.4) is 0 Å². The zero-order valence-electron chi connectivity index (χ0n) is 11.2. The van der Waals surface area contributed by atoms with Gasteiger partial charge in [-0.1, -0.05) is 18.2 Å². The van der Waals surface area contributed by atoms with E-state index in [-0.39, 0.29) is 6.54 Å². The molecule has 2 rings (SSSR count). The quantitative estimate of drug-likeness (QED) is 0.848. The van der Waals surface area contributed by atoms with E-state index in [1.54, 1.807) is 31.5 Å². The Bertz CT molecular complexity index is 563. The van der Waals surface area contributed by atoms with Crippen molar-refractivity contribution < 1.29 is 14.2 Å². The molecule has 5 heteroatoms. The number of nitrogens with zero attached hydrogens (tertiary/aromatic N) is 1. The molecule has 0 radical (unpaired) electrons. The summed E-state index contributed by atoms with van der Waals surface area (Å²) in [6, 6.07) is 9.88. The summed E-state index contributed by atoms with van der Waals surface area (Å²) >= 11 is 0. The molecule has 2 aromatic rings. The zero-order valence-corrected chi connectivity index (χ0v) is 11.2. The van der Waals surface area contributed by atoms with Crippen LogP contribution in [-0.4, -0.2) is 23.7 Å². The highest BCUT2D eigenvalue weighted by molar-refractivity contribution is 5.21. The first-order chi connectivity index (χ1) is 9.70. The Labute approximate surface area is 117 Å². The van der Waals surface area contributed by atoms with Crippen LogP contribution in [0.1, 0.15) is 17.2 Å². The lowest BCUT2D eigenvalue weighted by Gasteiger charge is -2.13. The van der Waals surface area contributed by atoms with E-state index in [9.17, 15) is 9.50 Å². The highest BCUT2D eigenvalue weighted by atomic mass is 19.1. The van der Waals surface area contributed by atoms with E-state index in [0.29, 0.717) is 18.0 Å². The maximum atomic E-state index is 13.5. The van der Waals surface area contributed by atoms with Gasteiger partial charge >= 0.3 is 0 Å². The summed E-state index contributed by atoms with van der Waals surface area (Å²) in [4.78, 5) is 4.01. The number of aromatic nitrogens is 1. The first-order valence-electron chi connectivity index (χ1n) is 6.33. The molecule has 2 N–H and O–H groups in total. The van der Waals surface area contributed by atoms with Crippen LogP contribution < -0.4 is 10.1 Å². The van der Waals surface area contributed by atoms with Gasteiger partial charge in [0.25, 0.3) is 0 Å². The van der Waals surface area contributed by atoms with Crippen molar-refractivity contribution in [2.75, 3.05) is 13.7 Å². The Morgan fingerprint density at radius 1 is 1.35 bits per heavy atom. The molecule has 0 fully saturated rings. The van der Waals surface area contributed by atoms with Crippen LogP contribution in [0.5, 0.6) is 5.88 Å². The Morgan fingerprint density at radius 3 is 2.90 bits per heavy atom. The van der Waals surface area contributed by atoms with Gasteiger partial charge in [0.15, 0.2) is 0 Å². The van der Waals surface area contributed by atoms with Crippen molar-refractivity contribution in [3.8, 4) is 5.88 Å². The normalized spacial score (nSPS) is 12.2. The smallest absolute Gasteiger partial charge is 0.213 e. The van der Waals surface area contributed by atoms with Crippen LogP contribution in [0, 0.1) is 5.82 Å². The number of methoxy groups -OCH3 is 1. The topological polar surface area (TPSA) is 54.4 Å². The number of hydrogen-bond acceptors (Lipinski definition) is 4. The van der Waals surface area contributed by atoms with Crippen molar-refractivity contribution in [3.05, 3.63) is 59.5 Å². The number of halogens is 1. The molecule has 0 spiro atoms. The largest absolute Gasteiger partial charge is 0.481 e. The second kappa shape index (κ2) is 6.98. The van der Waals surface area contributed by atoms with Crippen molar-refractivity contribution in [2.24, 2.45) is 0 Å². The van der Waals surface area contributed by atoms with Crippen LogP contribution in [-0.2, 0) is 6.54 Å². The van der Waals surface area contributed by atoms with E-state index in [1.165, 1.54) is 6.07 Å². The highest BCUT2D eigenvalue weighted by Crippen LogP contribution is 2.16. The van der Waals surface area contributed by atoms with Gasteiger partial charge < -0.3 is 15.2 Å². The van der Waals surface area contributed by atoms with Gasteiger partial charge in [-0.3, -0.25) is 0 Å². The Kier molecular flexibility index (Phi) is 5.03. The van der Waals surface area contributed by atoms with Gasteiger partial charge in [0.05, 0.1) is 13.2 Å². The second-order valence-corrected chi connectivity index (χ2v) is 4.37. The Morgan fingerprint density at radius 2 is 2.15 bits per heavy atom. The summed E-state index contributed by atoms with van der Waals surface area (Å²) in [5, 5.41) is 13.0. The molecular formula is C15H17FN2O2. The van der Waals surface area contributed by atoms with E-state index < -0.39 is 11.9 Å². The van der Waals surface area contributed by atoms with Crippen LogP contribution >= 0.6 is 0 Å². The van der Waals surface area contributed by atoms with E-state index >= 15 is 0 Å². The number of hydrogen-bond donors (Lipinski definition) is 2. The minimum absolute atomic E-state index is 0.269. The number of aliphatic hydroxyl groups excluding tert-OH is 1. The van der Waals surface area contributed by atoms with Crippen molar-refractivity contribution in [1.82, 2.24) is 10.3 Å². The van der Waals surface area contributed by atoms with E-state index in [4.69, 9.17) is 4.74 Å². The van der Waals surface area contributed by atoms with E-state index in [1.807, 2.05) is 12.1 Å². The standard InChI is InChI=1S/C15H17FN2O2/c1-20-15-8-11(6-7-18-15)9-17-10-14(19)12-4-2-3-5-13(12)16/h2-8,14,17,19H,9-10H2,1H3. The molecule has 0 amide bonds. The van der Waals surface area contributed by atoms with Crippen LogP contribution in [0.2, 0.25) is 0 Å². The highest BCUT2D eigenvalue weighted by Gasteiger charge is 2.11. The fraction of sp³-hybridized carbons (Fsp3) is 0.267. The van der Waals surface area contributed by atoms with Crippen molar-refractivity contribution in [2.45, 2.75) is 12.6 Å². The summed E-state index contributed by atoms with van der Waals surface area (Å²) in [5.74, 6) is 0.145. The van der Waals surface area contributed by atoms with Crippen molar-refractivity contribution in [1.29, 1.82) is 0 Å². The Balaban J connectivity index is 1.88. The summed E-state index contributed by atoms with van der Waals surface area (Å²) in [5.41, 5.74) is 1.28. The van der Waals surface area contributed by atoms with Gasteiger partial charge in [-0.25, -0.2) is 9.37 Å². The minimum Gasteiger partial charge on any atom is -0.481 e. The molecule has 4 nitrogen and oxygen atoms in total. The van der Waals surface area contributed by atoms with Gasteiger partial charge in [-0.2, -0.15) is 0 Å². The molecule has 0 aliphatic carbocycles. The predicted molar refractivity (Wildman–Crippen MR) is 73.9 cm³/mol. The molecule has 0 saturated carbocycles. The molecule has 1 atom stereocenters. The second-order valence-electron chi connectivity index (χ2n) is 4.37. The minimum atomic E-state index is -0.875. The average molecular weight is 276 g/mol. The van der Waals surface area contributed by atoms with Gasteiger partial charge in [-0.05, 0) is 17.7 Å². The molecule has 0 aliphatic rings. The molecular weight excluding hydrogens is 259 g/mol.